The van der Waals surface area contributed by atoms with Crippen LogP contribution in [0.5, 0.6) is 5.75 Å². The molecule has 1 aliphatic rings. The summed E-state index contributed by atoms with van der Waals surface area (Å²) < 4.78 is 11.9. The number of carbonyl (C=O) groups is 1. The van der Waals surface area contributed by atoms with E-state index < -0.39 is 5.97 Å². The van der Waals surface area contributed by atoms with Gasteiger partial charge < -0.3 is 9.47 Å². The molecule has 0 aliphatic heterocycles. The number of methoxy groups -OCH3 is 2. The summed E-state index contributed by atoms with van der Waals surface area (Å²) in [6, 6.07) is 7.72. The Labute approximate surface area is 167 Å². The highest BCUT2D eigenvalue weighted by Gasteiger charge is 2.25. The minimum atomic E-state index is -0.522. The molecule has 2 aromatic heterocycles. The third kappa shape index (κ3) is 3.24. The average Bonchev–Trinajstić information content (AvgIpc) is 3.38. The lowest BCUT2D eigenvalue weighted by atomic mass is 10.1. The maximum atomic E-state index is 12.4. The van der Waals surface area contributed by atoms with Crippen molar-refractivity contribution in [2.45, 2.75) is 25.8 Å². The monoisotopic (exact) mass is 397 g/mol. The van der Waals surface area contributed by atoms with Crippen molar-refractivity contribution in [3.05, 3.63) is 58.5 Å². The zero-order valence-corrected chi connectivity index (χ0v) is 16.5. The minimum Gasteiger partial charge on any atom is -0.497 e. The van der Waals surface area contributed by atoms with Crippen LogP contribution < -0.4 is 4.74 Å². The molecule has 3 aromatic rings. The summed E-state index contributed by atoms with van der Waals surface area (Å²) in [5, 5.41) is 5.48. The third-order valence-corrected chi connectivity index (χ3v) is 5.25. The molecule has 7 heteroatoms. The van der Waals surface area contributed by atoms with Gasteiger partial charge in [-0.25, -0.2) is 9.78 Å². The van der Waals surface area contributed by atoms with Crippen LogP contribution in [0.3, 0.4) is 0 Å². The van der Waals surface area contributed by atoms with E-state index in [-0.39, 0.29) is 10.7 Å². The molecule has 0 unspecified atom stereocenters. The molecule has 0 saturated carbocycles. The van der Waals surface area contributed by atoms with Gasteiger partial charge in [-0.1, -0.05) is 29.8 Å². The zero-order valence-electron chi connectivity index (χ0n) is 15.7. The number of ether oxygens (including phenoxy) is 2. The Balaban J connectivity index is 1.87. The number of fused-ring (bicyclic) bond motifs is 1. The molecule has 0 radical (unpaired) electrons. The van der Waals surface area contributed by atoms with E-state index in [1.165, 1.54) is 7.11 Å². The van der Waals surface area contributed by atoms with Gasteiger partial charge in [-0.05, 0) is 42.5 Å². The molecule has 2 heterocycles. The molecule has 0 N–H and O–H groups in total. The van der Waals surface area contributed by atoms with E-state index in [4.69, 9.17) is 21.1 Å². The lowest BCUT2D eigenvalue weighted by Gasteiger charge is -2.12. The number of hydrogen-bond acceptors (Lipinski definition) is 5. The van der Waals surface area contributed by atoms with Gasteiger partial charge in [0, 0.05) is 5.39 Å². The number of halogens is 1. The van der Waals surface area contributed by atoms with E-state index in [0.717, 1.165) is 47.2 Å². The molecule has 0 fully saturated rings. The maximum Gasteiger partial charge on any atom is 0.343 e. The predicted molar refractivity (Wildman–Crippen MR) is 108 cm³/mol. The van der Waals surface area contributed by atoms with Crippen molar-refractivity contribution in [2.75, 3.05) is 14.2 Å². The van der Waals surface area contributed by atoms with Crippen LogP contribution in [0.25, 0.3) is 16.5 Å². The molecule has 0 amide bonds. The fraction of sp³-hybridized carbons (Fsp3) is 0.286. The molecule has 0 atom stereocenters. The largest absolute Gasteiger partial charge is 0.497 e. The van der Waals surface area contributed by atoms with Crippen LogP contribution in [0.1, 0.15) is 40.9 Å². The summed E-state index contributed by atoms with van der Waals surface area (Å²) in [7, 11) is 2.97. The second-order valence-electron chi connectivity index (χ2n) is 6.65. The van der Waals surface area contributed by atoms with Crippen LogP contribution in [0.4, 0.5) is 0 Å². The van der Waals surface area contributed by atoms with E-state index in [1.807, 2.05) is 24.3 Å². The number of benzene rings is 1. The van der Waals surface area contributed by atoms with Crippen molar-refractivity contribution in [1.29, 1.82) is 0 Å². The molecule has 0 spiro atoms. The topological polar surface area (TPSA) is 66.2 Å². The molecular weight excluding hydrogens is 378 g/mol. The standard InChI is InChI=1S/C21H20ClN3O3/c1-27-15-9-7-13(8-10-15)12-25-19-16(11-23-25)18(14-5-3-4-6-14)24-20(22)17(19)21(26)28-2/h5,7-11H,3-4,6,12H2,1-2H3. The minimum absolute atomic E-state index is 0.138. The lowest BCUT2D eigenvalue weighted by Crippen LogP contribution is -2.10. The smallest absolute Gasteiger partial charge is 0.343 e. The summed E-state index contributed by atoms with van der Waals surface area (Å²) >= 11 is 6.44. The zero-order chi connectivity index (χ0) is 19.7. The van der Waals surface area contributed by atoms with Gasteiger partial charge in [0.05, 0.1) is 38.2 Å². The van der Waals surface area contributed by atoms with Crippen molar-refractivity contribution < 1.29 is 14.3 Å². The first kappa shape index (κ1) is 18.5. The highest BCUT2D eigenvalue weighted by molar-refractivity contribution is 6.34. The van der Waals surface area contributed by atoms with E-state index in [9.17, 15) is 4.79 Å². The normalized spacial score (nSPS) is 13.6. The first-order chi connectivity index (χ1) is 13.6. The van der Waals surface area contributed by atoms with Gasteiger partial charge >= 0.3 is 5.97 Å². The van der Waals surface area contributed by atoms with Crippen LogP contribution in [0, 0.1) is 0 Å². The van der Waals surface area contributed by atoms with Crippen molar-refractivity contribution in [3.63, 3.8) is 0 Å². The fourth-order valence-corrected chi connectivity index (χ4v) is 3.82. The van der Waals surface area contributed by atoms with Gasteiger partial charge in [-0.15, -0.1) is 0 Å². The Hall–Kier alpha value is -2.86. The van der Waals surface area contributed by atoms with Gasteiger partial charge in [-0.2, -0.15) is 5.10 Å². The number of aromatic nitrogens is 3. The molecule has 0 saturated heterocycles. The molecule has 1 aromatic carbocycles. The summed E-state index contributed by atoms with van der Waals surface area (Å²) in [6.07, 6.45) is 6.99. The summed E-state index contributed by atoms with van der Waals surface area (Å²) in [4.78, 5) is 17.0. The number of pyridine rings is 1. The van der Waals surface area contributed by atoms with Gasteiger partial charge in [0.2, 0.25) is 0 Å². The quantitative estimate of drug-likeness (QED) is 0.468. The lowest BCUT2D eigenvalue weighted by molar-refractivity contribution is 0.0602. The Kier molecular flexibility index (Phi) is 5.05. The van der Waals surface area contributed by atoms with Crippen molar-refractivity contribution >= 4 is 34.0 Å². The first-order valence-electron chi connectivity index (χ1n) is 9.08. The second kappa shape index (κ2) is 7.64. The number of carbonyl (C=O) groups excluding carboxylic acids is 1. The second-order valence-corrected chi connectivity index (χ2v) is 7.01. The highest BCUT2D eigenvalue weighted by Crippen LogP contribution is 2.35. The Morgan fingerprint density at radius 1 is 1.25 bits per heavy atom. The number of esters is 1. The highest BCUT2D eigenvalue weighted by atomic mass is 35.5. The van der Waals surface area contributed by atoms with Crippen molar-refractivity contribution in [1.82, 2.24) is 14.8 Å². The van der Waals surface area contributed by atoms with E-state index in [0.29, 0.717) is 12.1 Å². The van der Waals surface area contributed by atoms with E-state index in [2.05, 4.69) is 16.2 Å². The summed E-state index contributed by atoms with van der Waals surface area (Å²) in [5.41, 5.74) is 3.85. The molecular formula is C21H20ClN3O3. The number of allylic oxidation sites excluding steroid dienone is 2. The summed E-state index contributed by atoms with van der Waals surface area (Å²) in [5.74, 6) is 0.262. The molecule has 0 bridgehead atoms. The fourth-order valence-electron chi connectivity index (χ4n) is 3.57. The summed E-state index contributed by atoms with van der Waals surface area (Å²) in [6.45, 7) is 0.482. The van der Waals surface area contributed by atoms with Crippen LogP contribution in [-0.2, 0) is 11.3 Å². The Morgan fingerprint density at radius 3 is 2.68 bits per heavy atom. The van der Waals surface area contributed by atoms with Gasteiger partial charge in [0.15, 0.2) is 0 Å². The number of nitrogens with zero attached hydrogens (tertiary/aromatic N) is 3. The van der Waals surface area contributed by atoms with Crippen LogP contribution >= 0.6 is 11.6 Å². The number of rotatable bonds is 5. The van der Waals surface area contributed by atoms with Crippen LogP contribution in [0.15, 0.2) is 36.5 Å². The van der Waals surface area contributed by atoms with Crippen molar-refractivity contribution in [2.24, 2.45) is 0 Å². The maximum absolute atomic E-state index is 12.4. The first-order valence-corrected chi connectivity index (χ1v) is 9.46. The van der Waals surface area contributed by atoms with Crippen LogP contribution in [-0.4, -0.2) is 35.0 Å². The Morgan fingerprint density at radius 2 is 2.04 bits per heavy atom. The van der Waals surface area contributed by atoms with E-state index >= 15 is 0 Å². The molecule has 1 aliphatic carbocycles. The predicted octanol–water partition coefficient (Wildman–Crippen LogP) is 4.50. The molecule has 6 nitrogen and oxygen atoms in total. The SMILES string of the molecule is COC(=O)c1c(Cl)nc(C2=CCCC2)c2cnn(Cc3ccc(OC)cc3)c12. The van der Waals surface area contributed by atoms with Gasteiger partial charge in [-0.3, -0.25) is 4.68 Å². The Bertz CT molecular complexity index is 1070. The van der Waals surface area contributed by atoms with Gasteiger partial charge in [0.25, 0.3) is 0 Å². The number of hydrogen-bond donors (Lipinski definition) is 0. The van der Waals surface area contributed by atoms with Crippen molar-refractivity contribution in [3.8, 4) is 5.75 Å². The van der Waals surface area contributed by atoms with Crippen LogP contribution in [0.2, 0.25) is 5.15 Å². The third-order valence-electron chi connectivity index (χ3n) is 4.97. The van der Waals surface area contributed by atoms with Gasteiger partial charge in [0.1, 0.15) is 16.5 Å². The van der Waals surface area contributed by atoms with E-state index in [1.54, 1.807) is 18.0 Å². The molecule has 28 heavy (non-hydrogen) atoms. The molecule has 4 rings (SSSR count). The molecule has 144 valence electrons. The average molecular weight is 398 g/mol.